The molecule has 0 fully saturated rings. The number of fused-ring (bicyclic) bond motifs is 1. The molecule has 1 aliphatic rings. The van der Waals surface area contributed by atoms with Gasteiger partial charge in [-0.15, -0.1) is 11.3 Å². The first kappa shape index (κ1) is 10.1. The summed E-state index contributed by atoms with van der Waals surface area (Å²) in [6.45, 7) is 0. The maximum atomic E-state index is 5.93. The predicted molar refractivity (Wildman–Crippen MR) is 71.6 cm³/mol. The molecular formula is C14H15NS. The van der Waals surface area contributed by atoms with Crippen LogP contribution in [0.1, 0.15) is 24.8 Å². The van der Waals surface area contributed by atoms with Crippen molar-refractivity contribution in [3.8, 4) is 0 Å². The Hall–Kier alpha value is -1.12. The molecule has 16 heavy (non-hydrogen) atoms. The normalized spacial score (nSPS) is 21.1. The van der Waals surface area contributed by atoms with Crippen LogP contribution in [0.5, 0.6) is 0 Å². The summed E-state index contributed by atoms with van der Waals surface area (Å²) in [7, 11) is 0. The van der Waals surface area contributed by atoms with Crippen LogP contribution in [-0.2, 0) is 0 Å². The summed E-state index contributed by atoms with van der Waals surface area (Å²) in [5.41, 5.74) is 8.82. The van der Waals surface area contributed by atoms with Crippen LogP contribution in [0.4, 0.5) is 0 Å². The van der Waals surface area contributed by atoms with Crippen LogP contribution in [0.3, 0.4) is 0 Å². The summed E-state index contributed by atoms with van der Waals surface area (Å²) in [5, 5.41) is 3.53. The van der Waals surface area contributed by atoms with Gasteiger partial charge in [0.1, 0.15) is 0 Å². The van der Waals surface area contributed by atoms with Gasteiger partial charge in [-0.2, -0.15) is 0 Å². The second-order valence-electron chi connectivity index (χ2n) is 4.41. The van der Waals surface area contributed by atoms with Crippen molar-refractivity contribution >= 4 is 27.0 Å². The number of thiophene rings is 1. The van der Waals surface area contributed by atoms with Crippen LogP contribution in [0.15, 0.2) is 35.7 Å². The zero-order valence-corrected chi connectivity index (χ0v) is 9.96. The Balaban J connectivity index is 2.09. The lowest BCUT2D eigenvalue weighted by Crippen LogP contribution is -2.21. The van der Waals surface area contributed by atoms with Gasteiger partial charge in [0, 0.05) is 10.7 Å². The highest BCUT2D eigenvalue weighted by molar-refractivity contribution is 7.17. The Morgan fingerprint density at radius 3 is 3.00 bits per heavy atom. The third-order valence-electron chi connectivity index (χ3n) is 3.28. The van der Waals surface area contributed by atoms with E-state index >= 15 is 0 Å². The monoisotopic (exact) mass is 229 g/mol. The summed E-state index contributed by atoms with van der Waals surface area (Å²) in [6.07, 6.45) is 5.59. The first-order valence-electron chi connectivity index (χ1n) is 5.76. The van der Waals surface area contributed by atoms with Gasteiger partial charge in [-0.1, -0.05) is 24.3 Å². The minimum absolute atomic E-state index is 0.367. The lowest BCUT2D eigenvalue weighted by atomic mass is 9.91. The quantitative estimate of drug-likeness (QED) is 0.791. The highest BCUT2D eigenvalue weighted by Crippen LogP contribution is 2.34. The van der Waals surface area contributed by atoms with E-state index in [1.165, 1.54) is 21.2 Å². The van der Waals surface area contributed by atoms with Gasteiger partial charge in [-0.3, -0.25) is 0 Å². The first-order chi connectivity index (χ1) is 7.84. The summed E-state index contributed by atoms with van der Waals surface area (Å²) < 4.78 is 1.42. The molecule has 3 rings (SSSR count). The van der Waals surface area contributed by atoms with Crippen molar-refractivity contribution in [2.75, 3.05) is 0 Å². The fourth-order valence-corrected chi connectivity index (χ4v) is 3.29. The molecule has 0 radical (unpaired) electrons. The van der Waals surface area contributed by atoms with E-state index in [0.29, 0.717) is 6.04 Å². The van der Waals surface area contributed by atoms with Crippen molar-refractivity contribution in [3.05, 3.63) is 41.3 Å². The van der Waals surface area contributed by atoms with E-state index in [1.807, 2.05) is 11.3 Å². The van der Waals surface area contributed by atoms with Crippen molar-refractivity contribution in [2.45, 2.75) is 25.3 Å². The molecule has 2 aromatic rings. The maximum absolute atomic E-state index is 5.93. The van der Waals surface area contributed by atoms with E-state index in [1.54, 1.807) is 0 Å². The third-order valence-corrected chi connectivity index (χ3v) is 4.24. The van der Waals surface area contributed by atoms with Crippen molar-refractivity contribution in [1.82, 2.24) is 0 Å². The molecule has 1 unspecified atom stereocenters. The van der Waals surface area contributed by atoms with Crippen molar-refractivity contribution in [1.29, 1.82) is 0 Å². The molecular weight excluding hydrogens is 214 g/mol. The molecule has 1 aromatic heterocycles. The van der Waals surface area contributed by atoms with Crippen LogP contribution in [-0.4, -0.2) is 6.04 Å². The van der Waals surface area contributed by atoms with Crippen molar-refractivity contribution in [2.24, 2.45) is 5.73 Å². The van der Waals surface area contributed by atoms with Crippen LogP contribution in [0, 0.1) is 0 Å². The topological polar surface area (TPSA) is 26.0 Å². The highest BCUT2D eigenvalue weighted by atomic mass is 32.1. The van der Waals surface area contributed by atoms with E-state index in [9.17, 15) is 0 Å². The Kier molecular flexibility index (Phi) is 2.54. The molecule has 82 valence electrons. The number of rotatable bonds is 1. The molecule has 2 heteroatoms. The first-order valence-corrected chi connectivity index (χ1v) is 6.64. The van der Waals surface area contributed by atoms with E-state index in [0.717, 1.165) is 19.3 Å². The number of hydrogen-bond donors (Lipinski definition) is 1. The molecule has 1 nitrogen and oxygen atoms in total. The predicted octanol–water partition coefficient (Wildman–Crippen LogP) is 3.80. The van der Waals surface area contributed by atoms with Crippen LogP contribution in [0.2, 0.25) is 0 Å². The van der Waals surface area contributed by atoms with Gasteiger partial charge in [0.25, 0.3) is 0 Å². The molecule has 0 saturated heterocycles. The zero-order chi connectivity index (χ0) is 11.0. The van der Waals surface area contributed by atoms with E-state index in [-0.39, 0.29) is 0 Å². The molecule has 1 aromatic carbocycles. The fourth-order valence-electron chi connectivity index (χ4n) is 2.34. The van der Waals surface area contributed by atoms with E-state index in [2.05, 4.69) is 35.7 Å². The van der Waals surface area contributed by atoms with Crippen LogP contribution < -0.4 is 5.73 Å². The molecule has 0 bridgehead atoms. The lowest BCUT2D eigenvalue weighted by molar-refractivity contribution is 0.615. The number of hydrogen-bond acceptors (Lipinski definition) is 2. The fraction of sp³-hybridized carbons (Fsp3) is 0.286. The molecule has 1 aliphatic carbocycles. The minimum atomic E-state index is 0.367. The maximum Gasteiger partial charge on any atom is 0.0417 e. The Labute approximate surface area is 99.6 Å². The average molecular weight is 229 g/mol. The van der Waals surface area contributed by atoms with Crippen molar-refractivity contribution < 1.29 is 0 Å². The van der Waals surface area contributed by atoms with Gasteiger partial charge in [0.15, 0.2) is 0 Å². The molecule has 0 spiro atoms. The molecule has 0 aliphatic heterocycles. The lowest BCUT2D eigenvalue weighted by Gasteiger charge is -2.18. The molecule has 0 amide bonds. The van der Waals surface area contributed by atoms with Gasteiger partial charge in [-0.25, -0.2) is 0 Å². The summed E-state index contributed by atoms with van der Waals surface area (Å²) >= 11 is 1.84. The number of nitrogens with two attached hydrogens (primary N) is 1. The van der Waals surface area contributed by atoms with Crippen LogP contribution >= 0.6 is 11.3 Å². The second kappa shape index (κ2) is 4.04. The second-order valence-corrected chi connectivity index (χ2v) is 5.32. The minimum Gasteiger partial charge on any atom is -0.327 e. The molecule has 0 saturated carbocycles. The Morgan fingerprint density at radius 1 is 1.25 bits per heavy atom. The summed E-state index contributed by atoms with van der Waals surface area (Å²) in [6, 6.07) is 9.14. The highest BCUT2D eigenvalue weighted by Gasteiger charge is 2.13. The number of allylic oxidation sites excluding steroid dienone is 1. The van der Waals surface area contributed by atoms with E-state index < -0.39 is 0 Å². The molecule has 2 N–H and O–H groups in total. The third kappa shape index (κ3) is 1.68. The largest absolute Gasteiger partial charge is 0.327 e. The molecule has 1 heterocycles. The van der Waals surface area contributed by atoms with Gasteiger partial charge < -0.3 is 5.73 Å². The van der Waals surface area contributed by atoms with Crippen molar-refractivity contribution in [3.63, 3.8) is 0 Å². The summed E-state index contributed by atoms with van der Waals surface area (Å²) in [5.74, 6) is 0. The molecule has 1 atom stereocenters. The van der Waals surface area contributed by atoms with Gasteiger partial charge in [-0.05, 0) is 47.2 Å². The number of benzene rings is 1. The van der Waals surface area contributed by atoms with Gasteiger partial charge in [0.05, 0.1) is 0 Å². The average Bonchev–Trinajstić information content (AvgIpc) is 2.78. The van der Waals surface area contributed by atoms with E-state index in [4.69, 9.17) is 5.73 Å². The summed E-state index contributed by atoms with van der Waals surface area (Å²) in [4.78, 5) is 0. The SMILES string of the molecule is NC1CC=C(c2cccc3ccsc23)CC1. The van der Waals surface area contributed by atoms with Gasteiger partial charge in [0.2, 0.25) is 0 Å². The smallest absolute Gasteiger partial charge is 0.0417 e. The zero-order valence-electron chi connectivity index (χ0n) is 9.15. The van der Waals surface area contributed by atoms with Crippen LogP contribution in [0.25, 0.3) is 15.7 Å². The Morgan fingerprint density at radius 2 is 2.19 bits per heavy atom. The Bertz CT molecular complexity index is 538. The standard InChI is InChI=1S/C14H15NS/c15-12-6-4-10(5-7-12)13-3-1-2-11-8-9-16-14(11)13/h1-4,8-9,12H,5-7,15H2. The van der Waals surface area contributed by atoms with Gasteiger partial charge >= 0.3 is 0 Å².